The number of aromatic nitrogens is 2. The molecule has 0 saturated heterocycles. The Morgan fingerprint density at radius 3 is 2.33 bits per heavy atom. The van der Waals surface area contributed by atoms with Gasteiger partial charge in [-0.1, -0.05) is 0 Å². The van der Waals surface area contributed by atoms with Gasteiger partial charge in [0, 0.05) is 17.3 Å². The number of hydrogen-bond donors (Lipinski definition) is 2. The first-order valence-corrected chi connectivity index (χ1v) is 5.49. The van der Waals surface area contributed by atoms with E-state index in [9.17, 15) is 4.79 Å². The second-order valence-corrected chi connectivity index (χ2v) is 4.15. The molecule has 18 heavy (non-hydrogen) atoms. The minimum atomic E-state index is -0.435. The molecule has 92 valence electrons. The molecule has 5 heteroatoms. The minimum absolute atomic E-state index is 0.227. The van der Waals surface area contributed by atoms with Crippen LogP contribution < -0.4 is 11.5 Å². The van der Waals surface area contributed by atoms with Gasteiger partial charge >= 0.3 is 0 Å². The lowest BCUT2D eigenvalue weighted by molar-refractivity contribution is 0.1000. The molecule has 0 atom stereocenters. The summed E-state index contributed by atoms with van der Waals surface area (Å²) in [6.07, 6.45) is 1.61. The highest BCUT2D eigenvalue weighted by atomic mass is 16.1. The summed E-state index contributed by atoms with van der Waals surface area (Å²) < 4.78 is 0. The molecule has 2 rings (SSSR count). The molecule has 0 unspecified atom stereocenters. The molecular weight excluding hydrogens is 228 g/mol. The molecule has 0 aliphatic heterocycles. The first kappa shape index (κ1) is 12.0. The molecule has 1 heterocycles. The predicted octanol–water partition coefficient (Wildman–Crippen LogP) is 1.44. The second-order valence-electron chi connectivity index (χ2n) is 4.15. The van der Waals surface area contributed by atoms with Crippen LogP contribution in [-0.4, -0.2) is 15.9 Å². The number of nitrogens with two attached hydrogens (primary N) is 2. The fourth-order valence-corrected chi connectivity index (χ4v) is 2.02. The van der Waals surface area contributed by atoms with Crippen LogP contribution in [-0.2, 0) is 0 Å². The summed E-state index contributed by atoms with van der Waals surface area (Å²) >= 11 is 0. The first-order valence-electron chi connectivity index (χ1n) is 5.49. The van der Waals surface area contributed by atoms with Crippen molar-refractivity contribution in [1.29, 1.82) is 0 Å². The molecule has 0 spiro atoms. The highest BCUT2D eigenvalue weighted by molar-refractivity contribution is 5.94. The number of rotatable bonds is 2. The van der Waals surface area contributed by atoms with Crippen LogP contribution in [0.25, 0.3) is 11.3 Å². The van der Waals surface area contributed by atoms with E-state index in [4.69, 9.17) is 11.5 Å². The fraction of sp³-hybridized carbons (Fsp3) is 0.154. The molecule has 0 radical (unpaired) electrons. The van der Waals surface area contributed by atoms with Crippen LogP contribution in [0.15, 0.2) is 24.4 Å². The maximum absolute atomic E-state index is 11.2. The third-order valence-electron chi connectivity index (χ3n) is 2.75. The van der Waals surface area contributed by atoms with Crippen LogP contribution in [0, 0.1) is 13.8 Å². The van der Waals surface area contributed by atoms with E-state index in [1.165, 1.54) is 0 Å². The zero-order valence-corrected chi connectivity index (χ0v) is 10.3. The zero-order chi connectivity index (χ0) is 13.3. The van der Waals surface area contributed by atoms with E-state index in [1.807, 2.05) is 13.8 Å². The van der Waals surface area contributed by atoms with E-state index in [-0.39, 0.29) is 5.95 Å². The van der Waals surface area contributed by atoms with Crippen LogP contribution in [0.4, 0.5) is 5.95 Å². The van der Waals surface area contributed by atoms with Gasteiger partial charge in [-0.25, -0.2) is 9.97 Å². The largest absolute Gasteiger partial charge is 0.368 e. The number of amides is 1. The molecule has 2 aromatic rings. The maximum atomic E-state index is 11.2. The SMILES string of the molecule is Cc1cc(C(N)=O)cc(C)c1-c1ccnc(N)n1. The van der Waals surface area contributed by atoms with Gasteiger partial charge < -0.3 is 11.5 Å². The van der Waals surface area contributed by atoms with E-state index in [0.29, 0.717) is 5.56 Å². The Balaban J connectivity index is 2.62. The number of carbonyl (C=O) groups excluding carboxylic acids is 1. The topological polar surface area (TPSA) is 94.9 Å². The Hall–Kier alpha value is -2.43. The van der Waals surface area contributed by atoms with Crippen LogP contribution in [0.1, 0.15) is 21.5 Å². The number of benzene rings is 1. The zero-order valence-electron chi connectivity index (χ0n) is 10.3. The highest BCUT2D eigenvalue weighted by Gasteiger charge is 2.11. The number of hydrogen-bond acceptors (Lipinski definition) is 4. The normalized spacial score (nSPS) is 10.3. The molecule has 0 aliphatic carbocycles. The van der Waals surface area contributed by atoms with Crippen molar-refractivity contribution in [1.82, 2.24) is 9.97 Å². The first-order chi connectivity index (χ1) is 8.49. The quantitative estimate of drug-likeness (QED) is 0.833. The highest BCUT2D eigenvalue weighted by Crippen LogP contribution is 2.26. The molecular formula is C13H14N4O. The number of nitrogens with zero attached hydrogens (tertiary/aromatic N) is 2. The van der Waals surface area contributed by atoms with E-state index in [0.717, 1.165) is 22.4 Å². The molecule has 1 amide bonds. The molecule has 4 N–H and O–H groups in total. The number of aryl methyl sites for hydroxylation is 2. The third-order valence-corrected chi connectivity index (χ3v) is 2.75. The Morgan fingerprint density at radius 1 is 1.22 bits per heavy atom. The molecule has 5 nitrogen and oxygen atoms in total. The maximum Gasteiger partial charge on any atom is 0.248 e. The van der Waals surface area contributed by atoms with Gasteiger partial charge in [-0.2, -0.15) is 0 Å². The van der Waals surface area contributed by atoms with Crippen molar-refractivity contribution in [3.8, 4) is 11.3 Å². The Kier molecular flexibility index (Phi) is 2.97. The van der Waals surface area contributed by atoms with E-state index in [2.05, 4.69) is 9.97 Å². The summed E-state index contributed by atoms with van der Waals surface area (Å²) in [6, 6.07) is 5.29. The van der Waals surface area contributed by atoms with Crippen LogP contribution in [0.5, 0.6) is 0 Å². The lowest BCUT2D eigenvalue weighted by atomic mass is 9.96. The van der Waals surface area contributed by atoms with E-state index in [1.54, 1.807) is 24.4 Å². The lowest BCUT2D eigenvalue weighted by Crippen LogP contribution is -2.11. The molecule has 0 fully saturated rings. The van der Waals surface area contributed by atoms with Gasteiger partial charge in [0.2, 0.25) is 11.9 Å². The van der Waals surface area contributed by atoms with Gasteiger partial charge in [-0.15, -0.1) is 0 Å². The average Bonchev–Trinajstić information content (AvgIpc) is 2.27. The molecule has 0 bridgehead atoms. The predicted molar refractivity (Wildman–Crippen MR) is 69.9 cm³/mol. The fourth-order valence-electron chi connectivity index (χ4n) is 2.02. The Bertz CT molecular complexity index is 599. The second kappa shape index (κ2) is 4.44. The van der Waals surface area contributed by atoms with Crippen molar-refractivity contribution in [2.75, 3.05) is 5.73 Å². The van der Waals surface area contributed by atoms with Gasteiger partial charge in [0.05, 0.1) is 5.69 Å². The number of primary amides is 1. The standard InChI is InChI=1S/C13H14N4O/c1-7-5-9(12(14)18)6-8(2)11(7)10-3-4-16-13(15)17-10/h3-6H,1-2H3,(H2,14,18)(H2,15,16,17). The number of nitrogen functional groups attached to an aromatic ring is 1. The monoisotopic (exact) mass is 242 g/mol. The van der Waals surface area contributed by atoms with Crippen molar-refractivity contribution >= 4 is 11.9 Å². The van der Waals surface area contributed by atoms with Crippen LogP contribution in [0.3, 0.4) is 0 Å². The van der Waals surface area contributed by atoms with E-state index < -0.39 is 5.91 Å². The molecule has 1 aromatic heterocycles. The smallest absolute Gasteiger partial charge is 0.248 e. The van der Waals surface area contributed by atoms with Crippen LogP contribution in [0.2, 0.25) is 0 Å². The molecule has 0 aliphatic rings. The summed E-state index contributed by atoms with van der Waals surface area (Å²) in [7, 11) is 0. The Morgan fingerprint density at radius 2 is 1.83 bits per heavy atom. The number of carbonyl (C=O) groups is 1. The lowest BCUT2D eigenvalue weighted by Gasteiger charge is -2.11. The number of anilines is 1. The average molecular weight is 242 g/mol. The van der Waals surface area contributed by atoms with Gasteiger partial charge in [-0.3, -0.25) is 4.79 Å². The van der Waals surface area contributed by atoms with Gasteiger partial charge in [0.25, 0.3) is 0 Å². The van der Waals surface area contributed by atoms with Crippen molar-refractivity contribution in [2.45, 2.75) is 13.8 Å². The summed E-state index contributed by atoms with van der Waals surface area (Å²) in [5.41, 5.74) is 14.9. The van der Waals surface area contributed by atoms with Crippen molar-refractivity contribution in [2.24, 2.45) is 5.73 Å². The molecule has 1 aromatic carbocycles. The third kappa shape index (κ3) is 2.15. The summed E-state index contributed by atoms with van der Waals surface area (Å²) in [5.74, 6) is -0.208. The minimum Gasteiger partial charge on any atom is -0.368 e. The van der Waals surface area contributed by atoms with Gasteiger partial charge in [0.1, 0.15) is 0 Å². The van der Waals surface area contributed by atoms with Crippen molar-refractivity contribution in [3.63, 3.8) is 0 Å². The molecule has 0 saturated carbocycles. The van der Waals surface area contributed by atoms with Crippen LogP contribution >= 0.6 is 0 Å². The van der Waals surface area contributed by atoms with Gasteiger partial charge in [-0.05, 0) is 43.2 Å². The summed E-state index contributed by atoms with van der Waals surface area (Å²) in [6.45, 7) is 3.82. The van der Waals surface area contributed by atoms with Gasteiger partial charge in [0.15, 0.2) is 0 Å². The summed E-state index contributed by atoms with van der Waals surface area (Å²) in [4.78, 5) is 19.2. The Labute approximate surface area is 105 Å². The van der Waals surface area contributed by atoms with Crippen molar-refractivity contribution in [3.05, 3.63) is 41.1 Å². The van der Waals surface area contributed by atoms with Crippen molar-refractivity contribution < 1.29 is 4.79 Å². The van der Waals surface area contributed by atoms with E-state index >= 15 is 0 Å². The summed E-state index contributed by atoms with van der Waals surface area (Å²) in [5, 5.41) is 0.